The highest BCUT2D eigenvalue weighted by atomic mass is 16.4. The van der Waals surface area contributed by atoms with Crippen LogP contribution in [-0.2, 0) is 0 Å². The number of nitrogens with zero attached hydrogens (tertiary/aromatic N) is 2. The van der Waals surface area contributed by atoms with E-state index >= 15 is 0 Å². The summed E-state index contributed by atoms with van der Waals surface area (Å²) in [7, 11) is 1.87. The van der Waals surface area contributed by atoms with E-state index in [1.807, 2.05) is 14.0 Å². The van der Waals surface area contributed by atoms with Gasteiger partial charge in [0.1, 0.15) is 0 Å². The van der Waals surface area contributed by atoms with Crippen molar-refractivity contribution >= 4 is 6.01 Å². The largest absolute Gasteiger partial charge is 0.406 e. The molecule has 2 rings (SSSR count). The van der Waals surface area contributed by atoms with Gasteiger partial charge < -0.3 is 15.1 Å². The maximum absolute atomic E-state index is 5.51. The standard InChI is InChI=1S/C10H18N4O/c1-7(11-3)8-13-14-9(15-8)12-10(2)5-4-6-10/h7,11H,4-6H2,1-3H3,(H,12,14). The molecule has 1 aromatic rings. The molecule has 0 aromatic carbocycles. The Balaban J connectivity index is 2.00. The molecule has 15 heavy (non-hydrogen) atoms. The van der Waals surface area contributed by atoms with Gasteiger partial charge in [-0.3, -0.25) is 0 Å². The van der Waals surface area contributed by atoms with Gasteiger partial charge in [0.15, 0.2) is 0 Å². The van der Waals surface area contributed by atoms with E-state index in [0.717, 1.165) is 0 Å². The average Bonchev–Trinajstić information content (AvgIpc) is 2.62. The summed E-state index contributed by atoms with van der Waals surface area (Å²) in [5.41, 5.74) is 0.159. The van der Waals surface area contributed by atoms with E-state index in [0.29, 0.717) is 11.9 Å². The number of rotatable bonds is 4. The van der Waals surface area contributed by atoms with Crippen molar-refractivity contribution in [1.29, 1.82) is 0 Å². The van der Waals surface area contributed by atoms with Gasteiger partial charge in [-0.05, 0) is 40.2 Å². The van der Waals surface area contributed by atoms with Crippen LogP contribution in [0, 0.1) is 0 Å². The van der Waals surface area contributed by atoms with Crippen LogP contribution in [0.3, 0.4) is 0 Å². The second-order valence-corrected chi connectivity index (χ2v) is 4.50. The minimum absolute atomic E-state index is 0.0993. The zero-order valence-corrected chi connectivity index (χ0v) is 9.50. The lowest BCUT2D eigenvalue weighted by Crippen LogP contribution is -2.41. The summed E-state index contributed by atoms with van der Waals surface area (Å²) in [6.07, 6.45) is 3.62. The van der Waals surface area contributed by atoms with Gasteiger partial charge in [0.25, 0.3) is 0 Å². The van der Waals surface area contributed by atoms with Crippen LogP contribution in [0.5, 0.6) is 0 Å². The summed E-state index contributed by atoms with van der Waals surface area (Å²) in [5, 5.41) is 14.3. The van der Waals surface area contributed by atoms with E-state index in [-0.39, 0.29) is 11.6 Å². The Morgan fingerprint density at radius 1 is 1.40 bits per heavy atom. The lowest BCUT2D eigenvalue weighted by molar-refractivity contribution is 0.296. The molecule has 0 spiro atoms. The number of anilines is 1. The second-order valence-electron chi connectivity index (χ2n) is 4.50. The van der Waals surface area contributed by atoms with E-state index in [2.05, 4.69) is 27.8 Å². The summed E-state index contributed by atoms with van der Waals surface area (Å²) < 4.78 is 5.51. The number of hydrogen-bond donors (Lipinski definition) is 2. The Kier molecular flexibility index (Phi) is 2.65. The summed E-state index contributed by atoms with van der Waals surface area (Å²) in [6.45, 7) is 4.17. The molecular formula is C10H18N4O. The molecule has 5 heteroatoms. The van der Waals surface area contributed by atoms with Crippen molar-refractivity contribution in [2.45, 2.75) is 44.7 Å². The van der Waals surface area contributed by atoms with E-state index in [1.54, 1.807) is 0 Å². The molecule has 0 amide bonds. The molecule has 0 aliphatic heterocycles. The molecule has 1 atom stereocenters. The van der Waals surface area contributed by atoms with E-state index < -0.39 is 0 Å². The quantitative estimate of drug-likeness (QED) is 0.792. The van der Waals surface area contributed by atoms with Crippen LogP contribution in [0.1, 0.15) is 45.0 Å². The van der Waals surface area contributed by atoms with Crippen LogP contribution >= 0.6 is 0 Å². The normalized spacial score (nSPS) is 20.7. The van der Waals surface area contributed by atoms with Crippen molar-refractivity contribution in [3.8, 4) is 0 Å². The van der Waals surface area contributed by atoms with Crippen LogP contribution in [0.15, 0.2) is 4.42 Å². The van der Waals surface area contributed by atoms with E-state index in [4.69, 9.17) is 4.42 Å². The van der Waals surface area contributed by atoms with Crippen molar-refractivity contribution in [3.63, 3.8) is 0 Å². The monoisotopic (exact) mass is 210 g/mol. The van der Waals surface area contributed by atoms with Gasteiger partial charge in [-0.1, -0.05) is 5.10 Å². The molecule has 1 heterocycles. The van der Waals surface area contributed by atoms with Crippen molar-refractivity contribution in [3.05, 3.63) is 5.89 Å². The lowest BCUT2D eigenvalue weighted by atomic mass is 9.79. The summed E-state index contributed by atoms with van der Waals surface area (Å²) in [4.78, 5) is 0. The highest BCUT2D eigenvalue weighted by Crippen LogP contribution is 2.34. The maximum atomic E-state index is 5.51. The molecule has 0 bridgehead atoms. The van der Waals surface area contributed by atoms with Crippen LogP contribution in [-0.4, -0.2) is 22.8 Å². The Bertz CT molecular complexity index is 332. The predicted octanol–water partition coefficient (Wildman–Crippen LogP) is 1.70. The number of aromatic nitrogens is 2. The van der Waals surface area contributed by atoms with Crippen molar-refractivity contribution in [2.75, 3.05) is 12.4 Å². The van der Waals surface area contributed by atoms with Gasteiger partial charge in [-0.2, -0.15) is 0 Å². The number of hydrogen-bond acceptors (Lipinski definition) is 5. The molecule has 1 aliphatic carbocycles. The molecule has 2 N–H and O–H groups in total. The van der Waals surface area contributed by atoms with Gasteiger partial charge >= 0.3 is 6.01 Å². The molecule has 0 radical (unpaired) electrons. The maximum Gasteiger partial charge on any atom is 0.315 e. The smallest absolute Gasteiger partial charge is 0.315 e. The zero-order valence-electron chi connectivity index (χ0n) is 9.50. The Labute approximate surface area is 89.6 Å². The summed E-state index contributed by atoms with van der Waals surface area (Å²) in [5.74, 6) is 0.628. The van der Waals surface area contributed by atoms with Crippen molar-refractivity contribution < 1.29 is 4.42 Å². The topological polar surface area (TPSA) is 63.0 Å². The molecular weight excluding hydrogens is 192 g/mol. The van der Waals surface area contributed by atoms with Crippen LogP contribution in [0.2, 0.25) is 0 Å². The zero-order chi connectivity index (χ0) is 10.9. The molecule has 5 nitrogen and oxygen atoms in total. The third-order valence-corrected chi connectivity index (χ3v) is 3.11. The van der Waals surface area contributed by atoms with Crippen molar-refractivity contribution in [2.24, 2.45) is 0 Å². The van der Waals surface area contributed by atoms with Crippen LogP contribution in [0.25, 0.3) is 0 Å². The fourth-order valence-electron chi connectivity index (χ4n) is 1.67. The minimum atomic E-state index is 0.0993. The summed E-state index contributed by atoms with van der Waals surface area (Å²) >= 11 is 0. The van der Waals surface area contributed by atoms with Gasteiger partial charge in [0.05, 0.1) is 6.04 Å². The molecule has 1 fully saturated rings. The Morgan fingerprint density at radius 2 is 2.13 bits per heavy atom. The predicted molar refractivity (Wildman–Crippen MR) is 57.7 cm³/mol. The van der Waals surface area contributed by atoms with E-state index in [1.165, 1.54) is 19.3 Å². The Morgan fingerprint density at radius 3 is 2.67 bits per heavy atom. The summed E-state index contributed by atoms with van der Waals surface area (Å²) in [6, 6.07) is 0.636. The molecule has 1 aromatic heterocycles. The molecule has 0 saturated heterocycles. The van der Waals surface area contributed by atoms with Gasteiger partial charge in [-0.25, -0.2) is 0 Å². The first-order chi connectivity index (χ1) is 7.13. The highest BCUT2D eigenvalue weighted by Gasteiger charge is 2.33. The highest BCUT2D eigenvalue weighted by molar-refractivity contribution is 5.25. The first-order valence-electron chi connectivity index (χ1n) is 5.42. The second kappa shape index (κ2) is 3.81. The molecule has 84 valence electrons. The fourth-order valence-corrected chi connectivity index (χ4v) is 1.67. The SMILES string of the molecule is CNC(C)c1nnc(NC2(C)CCC2)o1. The third-order valence-electron chi connectivity index (χ3n) is 3.11. The first kappa shape index (κ1) is 10.4. The van der Waals surface area contributed by atoms with Crippen molar-refractivity contribution in [1.82, 2.24) is 15.5 Å². The average molecular weight is 210 g/mol. The Hall–Kier alpha value is -1.10. The van der Waals surface area contributed by atoms with Gasteiger partial charge in [0.2, 0.25) is 5.89 Å². The molecule has 1 unspecified atom stereocenters. The lowest BCUT2D eigenvalue weighted by Gasteiger charge is -2.38. The van der Waals surface area contributed by atoms with Crippen LogP contribution < -0.4 is 10.6 Å². The third kappa shape index (κ3) is 2.12. The first-order valence-corrected chi connectivity index (χ1v) is 5.42. The molecule has 1 aliphatic rings. The van der Waals surface area contributed by atoms with Crippen LogP contribution in [0.4, 0.5) is 6.01 Å². The van der Waals surface area contributed by atoms with Gasteiger partial charge in [0, 0.05) is 5.54 Å². The fraction of sp³-hybridized carbons (Fsp3) is 0.800. The molecule has 1 saturated carbocycles. The van der Waals surface area contributed by atoms with E-state index in [9.17, 15) is 0 Å². The number of nitrogens with one attached hydrogen (secondary N) is 2. The van der Waals surface area contributed by atoms with Gasteiger partial charge in [-0.15, -0.1) is 5.10 Å². The minimum Gasteiger partial charge on any atom is -0.406 e.